The van der Waals surface area contributed by atoms with E-state index < -0.39 is 4.75 Å². The molecule has 2 aromatic rings. The molecule has 2 rings (SSSR count). The first kappa shape index (κ1) is 21.6. The van der Waals surface area contributed by atoms with Gasteiger partial charge >= 0.3 is 5.97 Å². The lowest BCUT2D eigenvalue weighted by molar-refractivity contribution is -0.146. The van der Waals surface area contributed by atoms with E-state index in [0.717, 1.165) is 30.8 Å². The van der Waals surface area contributed by atoms with Crippen LogP contribution in [0.5, 0.6) is 0 Å². The number of thiol groups is 1. The standard InChI is InChI=1S/C20H25NO2S.ClH/c1-3-21(4-2)15-16-23-19(22)20(24,17-11-7-5-8-12-17)18-13-9-6-10-14-18;/h5-14,24H,3-4,15-16H2,1-2H3;1H. The van der Waals surface area contributed by atoms with Gasteiger partial charge in [0.1, 0.15) is 6.61 Å². The molecule has 0 N–H and O–H groups in total. The van der Waals surface area contributed by atoms with Gasteiger partial charge in [0.05, 0.1) is 0 Å². The number of halogens is 1. The molecule has 0 heterocycles. The van der Waals surface area contributed by atoms with Crippen LogP contribution in [-0.2, 0) is 14.3 Å². The fraction of sp³-hybridized carbons (Fsp3) is 0.350. The SMILES string of the molecule is CCN(CC)CCOC(=O)C(S)(c1ccccc1)c1ccccc1.Cl. The summed E-state index contributed by atoms with van der Waals surface area (Å²) in [4.78, 5) is 15.1. The third kappa shape index (κ3) is 5.24. The van der Waals surface area contributed by atoms with Crippen LogP contribution in [0.1, 0.15) is 25.0 Å². The van der Waals surface area contributed by atoms with Gasteiger partial charge in [0.2, 0.25) is 0 Å². The van der Waals surface area contributed by atoms with Crippen molar-refractivity contribution in [3.8, 4) is 0 Å². The van der Waals surface area contributed by atoms with E-state index in [2.05, 4.69) is 18.7 Å². The van der Waals surface area contributed by atoms with Gasteiger partial charge in [0, 0.05) is 6.54 Å². The van der Waals surface area contributed by atoms with Gasteiger partial charge in [-0.15, -0.1) is 12.4 Å². The van der Waals surface area contributed by atoms with Crippen LogP contribution in [0.3, 0.4) is 0 Å². The molecule has 136 valence electrons. The van der Waals surface area contributed by atoms with Crippen molar-refractivity contribution in [1.82, 2.24) is 4.90 Å². The summed E-state index contributed by atoms with van der Waals surface area (Å²) in [5.74, 6) is -0.338. The third-order valence-corrected chi connectivity index (χ3v) is 4.91. The summed E-state index contributed by atoms with van der Waals surface area (Å²) in [7, 11) is 0. The Morgan fingerprint density at radius 1 is 0.960 bits per heavy atom. The Hall–Kier alpha value is -1.49. The fourth-order valence-electron chi connectivity index (χ4n) is 2.67. The van der Waals surface area contributed by atoms with Gasteiger partial charge < -0.3 is 9.64 Å². The number of hydrogen-bond donors (Lipinski definition) is 1. The Bertz CT molecular complexity index is 593. The number of carbonyl (C=O) groups excluding carboxylic acids is 1. The minimum absolute atomic E-state index is 0. The molecule has 25 heavy (non-hydrogen) atoms. The number of rotatable bonds is 8. The largest absolute Gasteiger partial charge is 0.463 e. The van der Waals surface area contributed by atoms with E-state index in [9.17, 15) is 4.79 Å². The molecule has 0 aliphatic carbocycles. The molecule has 0 saturated carbocycles. The predicted molar refractivity (Wildman–Crippen MR) is 109 cm³/mol. The van der Waals surface area contributed by atoms with Gasteiger partial charge in [0.15, 0.2) is 4.75 Å². The van der Waals surface area contributed by atoms with Crippen LogP contribution in [0.2, 0.25) is 0 Å². The van der Waals surface area contributed by atoms with E-state index in [1.165, 1.54) is 0 Å². The number of hydrogen-bond acceptors (Lipinski definition) is 4. The first-order valence-corrected chi connectivity index (χ1v) is 8.80. The summed E-state index contributed by atoms with van der Waals surface area (Å²) < 4.78 is 4.49. The highest BCUT2D eigenvalue weighted by atomic mass is 35.5. The molecule has 0 amide bonds. The lowest BCUT2D eigenvalue weighted by Gasteiger charge is -2.28. The minimum Gasteiger partial charge on any atom is -0.463 e. The van der Waals surface area contributed by atoms with Crippen LogP contribution in [0, 0.1) is 0 Å². The average Bonchev–Trinajstić information content (AvgIpc) is 2.65. The molecule has 2 aromatic carbocycles. The second-order valence-electron chi connectivity index (χ2n) is 5.61. The first-order valence-electron chi connectivity index (χ1n) is 8.35. The molecular weight excluding hydrogens is 354 g/mol. The van der Waals surface area contributed by atoms with E-state index in [4.69, 9.17) is 17.4 Å². The zero-order chi connectivity index (χ0) is 17.4. The van der Waals surface area contributed by atoms with Gasteiger partial charge in [-0.05, 0) is 24.2 Å². The van der Waals surface area contributed by atoms with Crippen LogP contribution >= 0.6 is 25.0 Å². The second-order valence-corrected chi connectivity index (χ2v) is 6.28. The molecule has 5 heteroatoms. The molecule has 0 bridgehead atoms. The van der Waals surface area contributed by atoms with Gasteiger partial charge in [0.25, 0.3) is 0 Å². The van der Waals surface area contributed by atoms with Crippen molar-refractivity contribution >= 4 is 31.0 Å². The van der Waals surface area contributed by atoms with Gasteiger partial charge in [-0.1, -0.05) is 74.5 Å². The monoisotopic (exact) mass is 379 g/mol. The van der Waals surface area contributed by atoms with Gasteiger partial charge in [-0.2, -0.15) is 12.6 Å². The van der Waals surface area contributed by atoms with Crippen molar-refractivity contribution in [2.24, 2.45) is 0 Å². The van der Waals surface area contributed by atoms with E-state index >= 15 is 0 Å². The van der Waals surface area contributed by atoms with Crippen molar-refractivity contribution in [2.75, 3.05) is 26.2 Å². The quantitative estimate of drug-likeness (QED) is 0.551. The van der Waals surface area contributed by atoms with Crippen LogP contribution < -0.4 is 0 Å². The number of ether oxygens (including phenoxy) is 1. The predicted octanol–water partition coefficient (Wildman–Crippen LogP) is 4.17. The lowest BCUT2D eigenvalue weighted by atomic mass is 9.90. The normalized spacial score (nSPS) is 11.0. The van der Waals surface area contributed by atoms with Crippen LogP contribution in [0.25, 0.3) is 0 Å². The highest BCUT2D eigenvalue weighted by molar-refractivity contribution is 7.82. The third-order valence-electron chi connectivity index (χ3n) is 4.21. The van der Waals surface area contributed by atoms with Crippen molar-refractivity contribution in [1.29, 1.82) is 0 Å². The molecule has 0 aliphatic rings. The molecule has 0 aromatic heterocycles. The molecule has 0 fully saturated rings. The average molecular weight is 380 g/mol. The highest BCUT2D eigenvalue weighted by Gasteiger charge is 2.40. The van der Waals surface area contributed by atoms with Crippen molar-refractivity contribution in [2.45, 2.75) is 18.6 Å². The molecule has 0 atom stereocenters. The van der Waals surface area contributed by atoms with Crippen molar-refractivity contribution < 1.29 is 9.53 Å². The summed E-state index contributed by atoms with van der Waals surface area (Å²) in [6.07, 6.45) is 0. The highest BCUT2D eigenvalue weighted by Crippen LogP contribution is 2.37. The molecule has 0 saturated heterocycles. The fourth-order valence-corrected chi connectivity index (χ4v) is 3.04. The number of carbonyl (C=O) groups is 1. The number of esters is 1. The number of benzene rings is 2. The summed E-state index contributed by atoms with van der Waals surface area (Å²) in [5.41, 5.74) is 1.62. The maximum absolute atomic E-state index is 12.9. The van der Waals surface area contributed by atoms with Crippen LogP contribution in [-0.4, -0.2) is 37.1 Å². The summed E-state index contributed by atoms with van der Waals surface area (Å²) >= 11 is 4.78. The Balaban J connectivity index is 0.00000312. The topological polar surface area (TPSA) is 29.5 Å². The summed E-state index contributed by atoms with van der Waals surface area (Å²) in [5, 5.41) is 0. The minimum atomic E-state index is -1.11. The summed E-state index contributed by atoms with van der Waals surface area (Å²) in [6, 6.07) is 19.1. The Labute approximate surface area is 162 Å². The second kappa shape index (κ2) is 10.5. The van der Waals surface area contributed by atoms with E-state index in [0.29, 0.717) is 6.61 Å². The summed E-state index contributed by atoms with van der Waals surface area (Å²) in [6.45, 7) is 7.17. The van der Waals surface area contributed by atoms with Crippen LogP contribution in [0.15, 0.2) is 60.7 Å². The van der Waals surface area contributed by atoms with E-state index in [1.54, 1.807) is 0 Å². The molecule has 0 spiro atoms. The maximum atomic E-state index is 12.9. The lowest BCUT2D eigenvalue weighted by Crippen LogP contribution is -2.35. The maximum Gasteiger partial charge on any atom is 0.331 e. The number of likely N-dealkylation sites (N-methyl/N-ethyl adjacent to an activating group) is 1. The van der Waals surface area contributed by atoms with Crippen molar-refractivity contribution in [3.63, 3.8) is 0 Å². The molecule has 0 aliphatic heterocycles. The Morgan fingerprint density at radius 2 is 1.40 bits per heavy atom. The Kier molecular flexibility index (Phi) is 9.04. The van der Waals surface area contributed by atoms with Crippen molar-refractivity contribution in [3.05, 3.63) is 71.8 Å². The number of nitrogens with zero attached hydrogens (tertiary/aromatic N) is 1. The van der Waals surface area contributed by atoms with E-state index in [1.807, 2.05) is 60.7 Å². The molecular formula is C20H26ClNO2S. The smallest absolute Gasteiger partial charge is 0.331 e. The van der Waals surface area contributed by atoms with Gasteiger partial charge in [-0.25, -0.2) is 4.79 Å². The molecule has 0 unspecified atom stereocenters. The van der Waals surface area contributed by atoms with Crippen LogP contribution in [0.4, 0.5) is 0 Å². The van der Waals surface area contributed by atoms with E-state index in [-0.39, 0.29) is 18.4 Å². The zero-order valence-electron chi connectivity index (χ0n) is 14.7. The first-order chi connectivity index (χ1) is 11.6. The molecule has 0 radical (unpaired) electrons. The van der Waals surface area contributed by atoms with Gasteiger partial charge in [-0.3, -0.25) is 0 Å². The zero-order valence-corrected chi connectivity index (χ0v) is 16.4. The Morgan fingerprint density at radius 3 is 1.80 bits per heavy atom. The molecule has 3 nitrogen and oxygen atoms in total.